The Morgan fingerprint density at radius 1 is 1.11 bits per heavy atom. The summed E-state index contributed by atoms with van der Waals surface area (Å²) < 4.78 is 1.18. The van der Waals surface area contributed by atoms with Crippen molar-refractivity contribution in [1.82, 2.24) is 5.32 Å². The van der Waals surface area contributed by atoms with Crippen LogP contribution in [-0.4, -0.2) is 0 Å². The van der Waals surface area contributed by atoms with Gasteiger partial charge in [-0.3, -0.25) is 0 Å². The molecule has 0 radical (unpaired) electrons. The van der Waals surface area contributed by atoms with Crippen LogP contribution in [0.25, 0.3) is 0 Å². The Balaban J connectivity index is 2.04. The summed E-state index contributed by atoms with van der Waals surface area (Å²) in [6, 6.07) is 15.4. The summed E-state index contributed by atoms with van der Waals surface area (Å²) in [6.45, 7) is 7.36. The van der Waals surface area contributed by atoms with E-state index in [4.69, 9.17) is 0 Å². The molecule has 0 fully saturated rings. The van der Waals surface area contributed by atoms with E-state index in [9.17, 15) is 0 Å². The number of aryl methyl sites for hydroxylation is 2. The van der Waals surface area contributed by atoms with Gasteiger partial charge in [-0.2, -0.15) is 0 Å². The van der Waals surface area contributed by atoms with E-state index >= 15 is 0 Å². The monoisotopic (exact) mass is 317 g/mol. The number of rotatable bonds is 4. The van der Waals surface area contributed by atoms with Crippen molar-refractivity contribution in [2.24, 2.45) is 0 Å². The summed E-state index contributed by atoms with van der Waals surface area (Å²) in [5.74, 6) is 0. The van der Waals surface area contributed by atoms with Crippen molar-refractivity contribution in [3.05, 3.63) is 69.2 Å². The van der Waals surface area contributed by atoms with Crippen LogP contribution in [0, 0.1) is 13.8 Å². The number of nitrogens with one attached hydrogen (secondary N) is 1. The second kappa shape index (κ2) is 6.36. The second-order valence-corrected chi connectivity index (χ2v) is 5.91. The van der Waals surface area contributed by atoms with Crippen molar-refractivity contribution in [3.63, 3.8) is 0 Å². The van der Waals surface area contributed by atoms with E-state index in [-0.39, 0.29) is 0 Å². The number of hydrogen-bond donors (Lipinski definition) is 1. The van der Waals surface area contributed by atoms with Gasteiger partial charge in [0.25, 0.3) is 0 Å². The van der Waals surface area contributed by atoms with Gasteiger partial charge in [-0.25, -0.2) is 0 Å². The molecule has 0 aliphatic rings. The maximum absolute atomic E-state index is 3.63. The average Bonchev–Trinajstić information content (AvgIpc) is 2.38. The lowest BCUT2D eigenvalue weighted by molar-refractivity contribution is 0.571. The summed E-state index contributed by atoms with van der Waals surface area (Å²) in [6.07, 6.45) is 0. The lowest BCUT2D eigenvalue weighted by Crippen LogP contribution is -2.19. The third-order valence-electron chi connectivity index (χ3n) is 3.46. The summed E-state index contributed by atoms with van der Waals surface area (Å²) in [7, 11) is 0. The molecule has 1 atom stereocenters. The molecule has 0 amide bonds. The molecule has 2 rings (SSSR count). The van der Waals surface area contributed by atoms with Crippen LogP contribution in [0.3, 0.4) is 0 Å². The molecule has 0 saturated heterocycles. The first-order valence-corrected chi connectivity index (χ1v) is 7.41. The van der Waals surface area contributed by atoms with Crippen LogP contribution < -0.4 is 5.32 Å². The highest BCUT2D eigenvalue weighted by Crippen LogP contribution is 2.21. The first-order chi connectivity index (χ1) is 9.08. The fraction of sp³-hybridized carbons (Fsp3) is 0.294. The summed E-state index contributed by atoms with van der Waals surface area (Å²) in [4.78, 5) is 0. The van der Waals surface area contributed by atoms with Gasteiger partial charge in [0.1, 0.15) is 0 Å². The SMILES string of the molecule is Cc1ccc(CN[C@H](C)c2ccccc2C)c(Br)c1. The fourth-order valence-electron chi connectivity index (χ4n) is 2.24. The first-order valence-electron chi connectivity index (χ1n) is 6.62. The van der Waals surface area contributed by atoms with Gasteiger partial charge in [-0.15, -0.1) is 0 Å². The topological polar surface area (TPSA) is 12.0 Å². The van der Waals surface area contributed by atoms with E-state index in [0.717, 1.165) is 6.54 Å². The number of hydrogen-bond acceptors (Lipinski definition) is 1. The molecule has 0 spiro atoms. The van der Waals surface area contributed by atoms with Crippen molar-refractivity contribution in [1.29, 1.82) is 0 Å². The second-order valence-electron chi connectivity index (χ2n) is 5.05. The molecule has 0 aliphatic heterocycles. The quantitative estimate of drug-likeness (QED) is 0.844. The van der Waals surface area contributed by atoms with Crippen LogP contribution in [0.15, 0.2) is 46.9 Å². The lowest BCUT2D eigenvalue weighted by Gasteiger charge is -2.17. The molecule has 1 N–H and O–H groups in total. The molecule has 0 unspecified atom stereocenters. The Kier molecular flexibility index (Phi) is 4.78. The van der Waals surface area contributed by atoms with Crippen LogP contribution in [-0.2, 0) is 6.54 Å². The minimum absolute atomic E-state index is 0.356. The van der Waals surface area contributed by atoms with Crippen LogP contribution in [0.5, 0.6) is 0 Å². The highest BCUT2D eigenvalue weighted by atomic mass is 79.9. The first kappa shape index (κ1) is 14.3. The lowest BCUT2D eigenvalue weighted by atomic mass is 10.0. The Morgan fingerprint density at radius 3 is 2.53 bits per heavy atom. The van der Waals surface area contributed by atoms with Crippen LogP contribution >= 0.6 is 15.9 Å². The standard InChI is InChI=1S/C17H20BrN/c1-12-8-9-15(17(18)10-12)11-19-14(3)16-7-5-4-6-13(16)2/h4-10,14,19H,11H2,1-3H3/t14-/m1/s1. The summed E-state index contributed by atoms with van der Waals surface area (Å²) >= 11 is 3.63. The maximum atomic E-state index is 3.63. The third-order valence-corrected chi connectivity index (χ3v) is 4.20. The maximum Gasteiger partial charge on any atom is 0.0297 e. The molecule has 2 heteroatoms. The Bertz CT molecular complexity index is 563. The van der Waals surface area contributed by atoms with Crippen LogP contribution in [0.1, 0.15) is 35.2 Å². The van der Waals surface area contributed by atoms with Gasteiger partial charge in [-0.05, 0) is 49.1 Å². The van der Waals surface area contributed by atoms with Gasteiger partial charge >= 0.3 is 0 Å². The zero-order valence-corrected chi connectivity index (χ0v) is 13.3. The fourth-order valence-corrected chi connectivity index (χ4v) is 2.87. The van der Waals surface area contributed by atoms with Gasteiger partial charge in [-0.1, -0.05) is 52.3 Å². The van der Waals surface area contributed by atoms with Gasteiger partial charge in [0, 0.05) is 17.1 Å². The Hall–Kier alpha value is -1.12. The van der Waals surface area contributed by atoms with E-state index in [2.05, 4.69) is 84.5 Å². The van der Waals surface area contributed by atoms with Crippen molar-refractivity contribution in [2.45, 2.75) is 33.4 Å². The molecule has 0 heterocycles. The Morgan fingerprint density at radius 2 is 1.84 bits per heavy atom. The molecular weight excluding hydrogens is 298 g/mol. The highest BCUT2D eigenvalue weighted by molar-refractivity contribution is 9.10. The molecule has 0 aliphatic carbocycles. The molecule has 100 valence electrons. The average molecular weight is 318 g/mol. The molecule has 2 aromatic carbocycles. The number of benzene rings is 2. The molecule has 0 saturated carbocycles. The molecule has 0 aromatic heterocycles. The zero-order chi connectivity index (χ0) is 13.8. The molecule has 0 bridgehead atoms. The van der Waals surface area contributed by atoms with E-state index in [1.807, 2.05) is 0 Å². The van der Waals surface area contributed by atoms with Crippen molar-refractivity contribution >= 4 is 15.9 Å². The Labute approximate surface area is 124 Å². The highest BCUT2D eigenvalue weighted by Gasteiger charge is 2.08. The largest absolute Gasteiger partial charge is 0.306 e. The predicted molar refractivity (Wildman–Crippen MR) is 85.3 cm³/mol. The van der Waals surface area contributed by atoms with E-state index in [1.54, 1.807) is 0 Å². The van der Waals surface area contributed by atoms with Gasteiger partial charge in [0.2, 0.25) is 0 Å². The predicted octanol–water partition coefficient (Wildman–Crippen LogP) is 4.92. The van der Waals surface area contributed by atoms with Gasteiger partial charge in [0.15, 0.2) is 0 Å². The number of halogens is 1. The van der Waals surface area contributed by atoms with Crippen LogP contribution in [0.4, 0.5) is 0 Å². The minimum Gasteiger partial charge on any atom is -0.306 e. The van der Waals surface area contributed by atoms with Gasteiger partial charge < -0.3 is 5.32 Å². The van der Waals surface area contributed by atoms with Crippen molar-refractivity contribution in [2.75, 3.05) is 0 Å². The summed E-state index contributed by atoms with van der Waals surface area (Å²) in [5.41, 5.74) is 5.28. The molecule has 19 heavy (non-hydrogen) atoms. The van der Waals surface area contributed by atoms with Gasteiger partial charge in [0.05, 0.1) is 0 Å². The van der Waals surface area contributed by atoms with E-state index in [0.29, 0.717) is 6.04 Å². The van der Waals surface area contributed by atoms with Crippen molar-refractivity contribution < 1.29 is 0 Å². The third kappa shape index (κ3) is 3.68. The van der Waals surface area contributed by atoms with Crippen LogP contribution in [0.2, 0.25) is 0 Å². The minimum atomic E-state index is 0.356. The van der Waals surface area contributed by atoms with E-state index < -0.39 is 0 Å². The van der Waals surface area contributed by atoms with E-state index in [1.165, 1.54) is 26.7 Å². The molecular formula is C17H20BrN. The summed E-state index contributed by atoms with van der Waals surface area (Å²) in [5, 5.41) is 3.59. The molecule has 1 nitrogen and oxygen atoms in total. The normalized spacial score (nSPS) is 12.4. The van der Waals surface area contributed by atoms with Crippen molar-refractivity contribution in [3.8, 4) is 0 Å². The smallest absolute Gasteiger partial charge is 0.0297 e. The molecule has 2 aromatic rings. The zero-order valence-electron chi connectivity index (χ0n) is 11.7.